The maximum atomic E-state index is 12.6. The van der Waals surface area contributed by atoms with Crippen LogP contribution in [-0.2, 0) is 30.9 Å². The summed E-state index contributed by atoms with van der Waals surface area (Å²) < 4.78 is 69.1. The van der Waals surface area contributed by atoms with E-state index in [4.69, 9.17) is 4.74 Å². The number of benzene rings is 1. The van der Waals surface area contributed by atoms with Crippen molar-refractivity contribution in [1.82, 2.24) is 14.9 Å². The van der Waals surface area contributed by atoms with E-state index in [0.717, 1.165) is 17.0 Å². The molecule has 10 nitrogen and oxygen atoms in total. The number of ether oxygens (including phenoxy) is 1. The van der Waals surface area contributed by atoms with Crippen molar-refractivity contribution in [1.29, 1.82) is 0 Å². The van der Waals surface area contributed by atoms with Crippen LogP contribution in [0.3, 0.4) is 0 Å². The van der Waals surface area contributed by atoms with Crippen molar-refractivity contribution in [3.05, 3.63) is 29.8 Å². The second-order valence-electron chi connectivity index (χ2n) is 7.47. The van der Waals surface area contributed by atoms with E-state index in [-0.39, 0.29) is 17.0 Å². The molecule has 0 aromatic heterocycles. The van der Waals surface area contributed by atoms with Crippen molar-refractivity contribution in [2.45, 2.75) is 49.5 Å². The molecule has 3 N–H and O–H groups in total. The van der Waals surface area contributed by atoms with Crippen molar-refractivity contribution in [3.63, 3.8) is 0 Å². The first-order chi connectivity index (χ1) is 15.3. The van der Waals surface area contributed by atoms with E-state index in [1.54, 1.807) is 5.32 Å². The predicted octanol–water partition coefficient (Wildman–Crippen LogP) is 1.46. The van der Waals surface area contributed by atoms with Gasteiger partial charge in [0, 0.05) is 20.2 Å². The highest BCUT2D eigenvalue weighted by atomic mass is 32.2. The largest absolute Gasteiger partial charge is 0.471 e. The molecule has 0 aliphatic carbocycles. The van der Waals surface area contributed by atoms with Crippen LogP contribution in [0.4, 0.5) is 18.0 Å². The molecule has 0 unspecified atom stereocenters. The lowest BCUT2D eigenvalue weighted by Gasteiger charge is -2.32. The lowest BCUT2D eigenvalue weighted by atomic mass is 9.95. The quantitative estimate of drug-likeness (QED) is 0.496. The Hall–Kier alpha value is -2.87. The van der Waals surface area contributed by atoms with E-state index in [0.29, 0.717) is 12.8 Å². The zero-order valence-electron chi connectivity index (χ0n) is 17.8. The number of carbonyl (C=O) groups is 3. The first-order valence-corrected chi connectivity index (χ1v) is 11.3. The SMILES string of the molecule is CO[C@H]([C@@H](C)C(=O)NS(=O)(=O)c1ccc(CNC(=O)C(F)(F)F)cc1)[C@@H]1CCCN1C(=O)O. The van der Waals surface area contributed by atoms with Gasteiger partial charge in [-0.1, -0.05) is 19.1 Å². The predicted molar refractivity (Wildman–Crippen MR) is 107 cm³/mol. The van der Waals surface area contributed by atoms with Gasteiger partial charge in [0.2, 0.25) is 5.91 Å². The maximum absolute atomic E-state index is 12.6. The molecule has 1 aromatic rings. The number of nitrogens with one attached hydrogen (secondary N) is 2. The third kappa shape index (κ3) is 6.57. The topological polar surface area (TPSA) is 142 Å². The minimum Gasteiger partial charge on any atom is -0.465 e. The van der Waals surface area contributed by atoms with Gasteiger partial charge in [-0.25, -0.2) is 17.9 Å². The standard InChI is InChI=1S/C19H24F3N3O7S/c1-11(15(32-2)14-4-3-9-25(14)18(28)29)16(26)24-33(30,31)13-7-5-12(6-8-13)10-23-17(27)19(20,21)22/h5-8,11,14-15H,3-4,9-10H2,1-2H3,(H,23,27)(H,24,26)(H,28,29)/t11-,14+,15-/m1/s1. The summed E-state index contributed by atoms with van der Waals surface area (Å²) in [5.74, 6) is -4.04. The molecule has 1 saturated heterocycles. The fourth-order valence-electron chi connectivity index (χ4n) is 3.57. The average molecular weight is 495 g/mol. The summed E-state index contributed by atoms with van der Waals surface area (Å²) in [7, 11) is -3.02. The van der Waals surface area contributed by atoms with Gasteiger partial charge in [-0.15, -0.1) is 0 Å². The molecule has 33 heavy (non-hydrogen) atoms. The van der Waals surface area contributed by atoms with E-state index < -0.39 is 58.7 Å². The zero-order chi connectivity index (χ0) is 25.0. The Morgan fingerprint density at radius 1 is 1.24 bits per heavy atom. The monoisotopic (exact) mass is 495 g/mol. The third-order valence-electron chi connectivity index (χ3n) is 5.28. The summed E-state index contributed by atoms with van der Waals surface area (Å²) in [6.45, 7) is 1.23. The Kier molecular flexibility index (Phi) is 8.30. The van der Waals surface area contributed by atoms with Crippen molar-refractivity contribution in [3.8, 4) is 0 Å². The summed E-state index contributed by atoms with van der Waals surface area (Å²) >= 11 is 0. The minimum atomic E-state index is -5.04. The average Bonchev–Trinajstić information content (AvgIpc) is 3.21. The highest BCUT2D eigenvalue weighted by Gasteiger charge is 2.41. The normalized spacial score (nSPS) is 18.5. The fraction of sp³-hybridized carbons (Fsp3) is 0.526. The first-order valence-electron chi connectivity index (χ1n) is 9.81. The third-order valence-corrected chi connectivity index (χ3v) is 6.64. The van der Waals surface area contributed by atoms with Crippen LogP contribution in [-0.4, -0.2) is 68.3 Å². The number of carboxylic acid groups (broad SMARTS) is 1. The fourth-order valence-corrected chi connectivity index (χ4v) is 4.63. The molecule has 3 amide bonds. The van der Waals surface area contributed by atoms with Gasteiger partial charge in [0.15, 0.2) is 0 Å². The molecule has 1 aromatic carbocycles. The number of hydrogen-bond donors (Lipinski definition) is 3. The van der Waals surface area contributed by atoms with Gasteiger partial charge in [-0.2, -0.15) is 13.2 Å². The van der Waals surface area contributed by atoms with Crippen LogP contribution in [0, 0.1) is 5.92 Å². The number of amides is 3. The number of halogens is 3. The highest BCUT2D eigenvalue weighted by Crippen LogP contribution is 2.26. The molecule has 0 spiro atoms. The molecule has 1 aliphatic heterocycles. The molecular formula is C19H24F3N3O7S. The Labute approximate surface area is 188 Å². The van der Waals surface area contributed by atoms with Crippen LogP contribution in [0.1, 0.15) is 25.3 Å². The molecular weight excluding hydrogens is 471 g/mol. The summed E-state index contributed by atoms with van der Waals surface area (Å²) in [4.78, 5) is 35.7. The molecule has 1 aliphatic rings. The molecule has 0 bridgehead atoms. The van der Waals surface area contributed by atoms with Crippen LogP contribution in [0.25, 0.3) is 0 Å². The van der Waals surface area contributed by atoms with Gasteiger partial charge in [0.1, 0.15) is 0 Å². The van der Waals surface area contributed by atoms with Crippen LogP contribution in [0.15, 0.2) is 29.2 Å². The van der Waals surface area contributed by atoms with Crippen molar-refractivity contribution < 1.29 is 45.8 Å². The van der Waals surface area contributed by atoms with Gasteiger partial charge in [-0.05, 0) is 30.5 Å². The Morgan fingerprint density at radius 2 is 1.85 bits per heavy atom. The Bertz CT molecular complexity index is 983. The van der Waals surface area contributed by atoms with E-state index in [1.807, 2.05) is 4.72 Å². The maximum Gasteiger partial charge on any atom is 0.471 e. The van der Waals surface area contributed by atoms with Crippen LogP contribution >= 0.6 is 0 Å². The molecule has 1 fully saturated rings. The smallest absolute Gasteiger partial charge is 0.465 e. The van der Waals surface area contributed by atoms with Gasteiger partial charge in [-0.3, -0.25) is 9.59 Å². The Balaban J connectivity index is 2.05. The molecule has 0 radical (unpaired) electrons. The molecule has 184 valence electrons. The summed E-state index contributed by atoms with van der Waals surface area (Å²) in [6, 6.07) is 3.93. The summed E-state index contributed by atoms with van der Waals surface area (Å²) in [5.41, 5.74) is 0.209. The van der Waals surface area contributed by atoms with Crippen LogP contribution in [0.5, 0.6) is 0 Å². The van der Waals surface area contributed by atoms with Crippen molar-refractivity contribution in [2.24, 2.45) is 5.92 Å². The van der Waals surface area contributed by atoms with Gasteiger partial charge < -0.3 is 20.1 Å². The minimum absolute atomic E-state index is 0.209. The van der Waals surface area contributed by atoms with E-state index in [2.05, 4.69) is 0 Å². The second kappa shape index (κ2) is 10.4. The molecule has 14 heteroatoms. The highest BCUT2D eigenvalue weighted by molar-refractivity contribution is 7.90. The van der Waals surface area contributed by atoms with Crippen LogP contribution in [0.2, 0.25) is 0 Å². The number of alkyl halides is 3. The van der Waals surface area contributed by atoms with Gasteiger partial charge >= 0.3 is 18.2 Å². The molecule has 1 heterocycles. The van der Waals surface area contributed by atoms with E-state index in [9.17, 15) is 41.1 Å². The number of likely N-dealkylation sites (tertiary alicyclic amines) is 1. The molecule has 0 saturated carbocycles. The summed E-state index contributed by atoms with van der Waals surface area (Å²) in [5, 5.41) is 11.0. The lowest BCUT2D eigenvalue weighted by molar-refractivity contribution is -0.173. The lowest BCUT2D eigenvalue weighted by Crippen LogP contribution is -2.50. The van der Waals surface area contributed by atoms with Gasteiger partial charge in [0.05, 0.1) is 23.0 Å². The number of sulfonamides is 1. The number of rotatable bonds is 8. The van der Waals surface area contributed by atoms with E-state index in [1.165, 1.54) is 26.2 Å². The number of hydrogen-bond acceptors (Lipinski definition) is 6. The van der Waals surface area contributed by atoms with Gasteiger partial charge in [0.25, 0.3) is 10.0 Å². The second-order valence-corrected chi connectivity index (χ2v) is 9.15. The summed E-state index contributed by atoms with van der Waals surface area (Å²) in [6.07, 6.45) is -6.03. The first kappa shape index (κ1) is 26.4. The van der Waals surface area contributed by atoms with Crippen LogP contribution < -0.4 is 10.0 Å². The number of nitrogens with zero attached hydrogens (tertiary/aromatic N) is 1. The molecule has 3 atom stereocenters. The Morgan fingerprint density at radius 3 is 2.36 bits per heavy atom. The molecule has 2 rings (SSSR count). The van der Waals surface area contributed by atoms with Crippen molar-refractivity contribution in [2.75, 3.05) is 13.7 Å². The number of carbonyl (C=O) groups excluding carboxylic acids is 2. The van der Waals surface area contributed by atoms with Crippen molar-refractivity contribution >= 4 is 27.9 Å². The number of methoxy groups -OCH3 is 1. The zero-order valence-corrected chi connectivity index (χ0v) is 18.6. The van der Waals surface area contributed by atoms with E-state index >= 15 is 0 Å².